The van der Waals surface area contributed by atoms with Crippen molar-refractivity contribution in [1.82, 2.24) is 4.57 Å². The Morgan fingerprint density at radius 1 is 0.840 bits per heavy atom. The fraction of sp³-hybridized carbons (Fsp3) is 0. The topological polar surface area (TPSA) is 37.9 Å². The Morgan fingerprint density at radius 3 is 2.20 bits per heavy atom. The highest BCUT2D eigenvalue weighted by Crippen LogP contribution is 2.37. The van der Waals surface area contributed by atoms with Gasteiger partial charge in [-0.05, 0) is 36.4 Å². The lowest BCUT2D eigenvalue weighted by molar-refractivity contribution is 0.421. The molecule has 0 spiro atoms. The number of hydrogen-bond donors (Lipinski definition) is 0. The van der Waals surface area contributed by atoms with Gasteiger partial charge in [0.2, 0.25) is 5.88 Å². The summed E-state index contributed by atoms with van der Waals surface area (Å²) < 4.78 is 22.6. The fourth-order valence-electron chi connectivity index (χ4n) is 2.88. The highest BCUT2D eigenvalue weighted by molar-refractivity contribution is 5.90. The van der Waals surface area contributed by atoms with Crippen molar-refractivity contribution in [3.63, 3.8) is 0 Å². The van der Waals surface area contributed by atoms with Crippen molar-refractivity contribution < 1.29 is 9.13 Å². The largest absolute Gasteiger partial charge is 0.437 e. The van der Waals surface area contributed by atoms with Crippen LogP contribution >= 0.6 is 0 Å². The summed E-state index contributed by atoms with van der Waals surface area (Å²) in [6.45, 7) is 0. The Hall–Kier alpha value is -3.58. The maximum absolute atomic E-state index is 15.1. The Kier molecular flexibility index (Phi) is 3.68. The van der Waals surface area contributed by atoms with Crippen molar-refractivity contribution in [3.8, 4) is 23.4 Å². The maximum atomic E-state index is 15.1. The highest BCUT2D eigenvalue weighted by atomic mass is 19.1. The number of rotatable bonds is 3. The molecule has 0 saturated heterocycles. The first-order valence-corrected chi connectivity index (χ1v) is 7.81. The second kappa shape index (κ2) is 6.14. The van der Waals surface area contributed by atoms with Gasteiger partial charge in [-0.1, -0.05) is 42.5 Å². The number of nitriles is 1. The SMILES string of the molecule is N#Cc1cccc2c(F)c(Oc3ccccc3)n(-c3ccccc3)c12. The van der Waals surface area contributed by atoms with E-state index in [1.54, 1.807) is 34.9 Å². The number of fused-ring (bicyclic) bond motifs is 1. The molecule has 0 radical (unpaired) electrons. The van der Waals surface area contributed by atoms with Crippen LogP contribution in [0.1, 0.15) is 5.56 Å². The van der Waals surface area contributed by atoms with E-state index in [1.165, 1.54) is 0 Å². The van der Waals surface area contributed by atoms with E-state index in [2.05, 4.69) is 6.07 Å². The van der Waals surface area contributed by atoms with Crippen molar-refractivity contribution in [2.24, 2.45) is 0 Å². The molecule has 0 aliphatic rings. The smallest absolute Gasteiger partial charge is 0.242 e. The van der Waals surface area contributed by atoms with Crippen LogP contribution in [0.3, 0.4) is 0 Å². The quantitative estimate of drug-likeness (QED) is 0.502. The van der Waals surface area contributed by atoms with Crippen LogP contribution in [0.25, 0.3) is 16.6 Å². The summed E-state index contributed by atoms with van der Waals surface area (Å²) in [5.74, 6) is 0.106. The Balaban J connectivity index is 2.05. The summed E-state index contributed by atoms with van der Waals surface area (Å²) in [6.07, 6.45) is 0. The van der Waals surface area contributed by atoms with Gasteiger partial charge >= 0.3 is 0 Å². The van der Waals surface area contributed by atoms with Crippen LogP contribution in [0.4, 0.5) is 4.39 Å². The number of benzene rings is 3. The molecule has 0 aliphatic carbocycles. The van der Waals surface area contributed by atoms with E-state index in [9.17, 15) is 5.26 Å². The normalized spacial score (nSPS) is 10.6. The summed E-state index contributed by atoms with van der Waals surface area (Å²) in [5.41, 5.74) is 1.62. The van der Waals surface area contributed by atoms with Crippen LogP contribution < -0.4 is 4.74 Å². The van der Waals surface area contributed by atoms with Gasteiger partial charge in [0.15, 0.2) is 5.82 Å². The van der Waals surface area contributed by atoms with Crippen molar-refractivity contribution in [1.29, 1.82) is 5.26 Å². The van der Waals surface area contributed by atoms with Crippen molar-refractivity contribution in [2.45, 2.75) is 0 Å². The standard InChI is InChI=1S/C21H13FN2O/c22-19-18-13-7-8-15(14-23)20(18)24(16-9-3-1-4-10-16)21(19)25-17-11-5-2-6-12-17/h1-13H. The summed E-state index contributed by atoms with van der Waals surface area (Å²) in [7, 11) is 0. The second-order valence-corrected chi connectivity index (χ2v) is 5.52. The van der Waals surface area contributed by atoms with Crippen LogP contribution in [-0.4, -0.2) is 4.57 Å². The highest BCUT2D eigenvalue weighted by Gasteiger charge is 2.22. The summed E-state index contributed by atoms with van der Waals surface area (Å²) >= 11 is 0. The number of ether oxygens (including phenoxy) is 1. The average molecular weight is 328 g/mol. The zero-order valence-corrected chi connectivity index (χ0v) is 13.2. The summed E-state index contributed by atoms with van der Waals surface area (Å²) in [5, 5.41) is 9.83. The van der Waals surface area contributed by atoms with E-state index in [-0.39, 0.29) is 5.88 Å². The molecular formula is C21H13FN2O. The molecule has 0 saturated carbocycles. The lowest BCUT2D eigenvalue weighted by atomic mass is 10.1. The van der Waals surface area contributed by atoms with E-state index in [0.717, 1.165) is 5.69 Å². The zero-order valence-electron chi connectivity index (χ0n) is 13.2. The van der Waals surface area contributed by atoms with Gasteiger partial charge < -0.3 is 4.74 Å². The van der Waals surface area contributed by atoms with Crippen molar-refractivity contribution >= 4 is 10.9 Å². The molecule has 4 rings (SSSR count). The third kappa shape index (κ3) is 2.52. The number of aromatic nitrogens is 1. The minimum absolute atomic E-state index is 0.0649. The first kappa shape index (κ1) is 15.0. The molecule has 120 valence electrons. The van der Waals surface area contributed by atoms with Gasteiger partial charge in [-0.15, -0.1) is 0 Å². The molecule has 0 aliphatic heterocycles. The van der Waals surface area contributed by atoms with Gasteiger partial charge in [0.1, 0.15) is 11.8 Å². The summed E-state index contributed by atoms with van der Waals surface area (Å²) in [4.78, 5) is 0. The van der Waals surface area contributed by atoms with Gasteiger partial charge in [-0.25, -0.2) is 4.39 Å². The third-order valence-corrected chi connectivity index (χ3v) is 3.98. The fourth-order valence-corrected chi connectivity index (χ4v) is 2.88. The van der Waals surface area contributed by atoms with Gasteiger partial charge in [0, 0.05) is 11.1 Å². The maximum Gasteiger partial charge on any atom is 0.242 e. The average Bonchev–Trinajstić information content (AvgIpc) is 2.95. The van der Waals surface area contributed by atoms with E-state index < -0.39 is 5.82 Å². The van der Waals surface area contributed by atoms with Gasteiger partial charge in [0.25, 0.3) is 0 Å². The molecule has 0 N–H and O–H groups in total. The Labute approximate surface area is 144 Å². The summed E-state index contributed by atoms with van der Waals surface area (Å²) in [6, 6.07) is 25.5. The van der Waals surface area contributed by atoms with Crippen LogP contribution in [0.2, 0.25) is 0 Å². The van der Waals surface area contributed by atoms with Crippen LogP contribution in [0, 0.1) is 17.1 Å². The van der Waals surface area contributed by atoms with Crippen LogP contribution in [-0.2, 0) is 0 Å². The van der Waals surface area contributed by atoms with E-state index in [1.807, 2.05) is 48.5 Å². The molecule has 3 nitrogen and oxygen atoms in total. The van der Waals surface area contributed by atoms with Crippen LogP contribution in [0.15, 0.2) is 78.9 Å². The molecule has 1 aromatic heterocycles. The molecule has 0 amide bonds. The molecule has 0 atom stereocenters. The van der Waals surface area contributed by atoms with Gasteiger partial charge in [0.05, 0.1) is 11.1 Å². The monoisotopic (exact) mass is 328 g/mol. The van der Waals surface area contributed by atoms with E-state index in [4.69, 9.17) is 4.74 Å². The third-order valence-electron chi connectivity index (χ3n) is 3.98. The molecule has 4 aromatic rings. The first-order valence-electron chi connectivity index (χ1n) is 7.81. The molecule has 0 fully saturated rings. The minimum atomic E-state index is -0.486. The number of nitrogens with zero attached hydrogens (tertiary/aromatic N) is 2. The molecular weight excluding hydrogens is 315 g/mol. The molecule has 0 unspecified atom stereocenters. The van der Waals surface area contributed by atoms with Gasteiger partial charge in [-0.3, -0.25) is 4.57 Å². The number of halogens is 1. The molecule has 0 bridgehead atoms. The minimum Gasteiger partial charge on any atom is -0.437 e. The second-order valence-electron chi connectivity index (χ2n) is 5.52. The lowest BCUT2D eigenvalue weighted by Crippen LogP contribution is -1.99. The van der Waals surface area contributed by atoms with E-state index >= 15 is 4.39 Å². The van der Waals surface area contributed by atoms with Crippen molar-refractivity contribution in [2.75, 3.05) is 0 Å². The predicted octanol–water partition coefficient (Wildman–Crippen LogP) is 5.43. The number of hydrogen-bond acceptors (Lipinski definition) is 2. The molecule has 3 aromatic carbocycles. The van der Waals surface area contributed by atoms with E-state index in [0.29, 0.717) is 22.2 Å². The van der Waals surface area contributed by atoms with Gasteiger partial charge in [-0.2, -0.15) is 5.26 Å². The van der Waals surface area contributed by atoms with Crippen molar-refractivity contribution in [3.05, 3.63) is 90.2 Å². The predicted molar refractivity (Wildman–Crippen MR) is 94.5 cm³/mol. The zero-order chi connectivity index (χ0) is 17.2. The Bertz CT molecular complexity index is 1080. The Morgan fingerprint density at radius 2 is 1.52 bits per heavy atom. The molecule has 1 heterocycles. The van der Waals surface area contributed by atoms with Crippen LogP contribution in [0.5, 0.6) is 11.6 Å². The first-order chi connectivity index (χ1) is 12.3. The lowest BCUT2D eigenvalue weighted by Gasteiger charge is -2.12. The number of para-hydroxylation sites is 3. The molecule has 25 heavy (non-hydrogen) atoms. The molecule has 4 heteroatoms.